The summed E-state index contributed by atoms with van der Waals surface area (Å²) in [4.78, 5) is 28.0. The number of esters is 1. The van der Waals surface area contributed by atoms with Gasteiger partial charge in [0.15, 0.2) is 23.2 Å². The molecule has 1 heterocycles. The third kappa shape index (κ3) is 5.49. The van der Waals surface area contributed by atoms with E-state index in [1.165, 1.54) is 11.3 Å². The van der Waals surface area contributed by atoms with E-state index < -0.39 is 5.97 Å². The van der Waals surface area contributed by atoms with Crippen LogP contribution in [0.5, 0.6) is 0 Å². The van der Waals surface area contributed by atoms with E-state index in [-0.39, 0.29) is 18.1 Å². The van der Waals surface area contributed by atoms with Crippen LogP contribution in [-0.4, -0.2) is 29.9 Å². The average molecular weight is 332 g/mol. The first-order chi connectivity index (χ1) is 11.1. The van der Waals surface area contributed by atoms with Gasteiger partial charge in [-0.15, -0.1) is 11.3 Å². The highest BCUT2D eigenvalue weighted by atomic mass is 32.1. The van der Waals surface area contributed by atoms with Gasteiger partial charge in [-0.2, -0.15) is 0 Å². The Balaban J connectivity index is 1.82. The lowest BCUT2D eigenvalue weighted by molar-refractivity contribution is 0.0470. The fourth-order valence-electron chi connectivity index (χ4n) is 1.83. The molecule has 5 nitrogen and oxygen atoms in total. The summed E-state index contributed by atoms with van der Waals surface area (Å²) in [6.07, 6.45) is 1.03. The molecule has 0 atom stereocenters. The Bertz CT molecular complexity index is 653. The number of carbonyl (C=O) groups excluding carboxylic acids is 2. The Labute approximate surface area is 139 Å². The molecule has 23 heavy (non-hydrogen) atoms. The van der Waals surface area contributed by atoms with Crippen molar-refractivity contribution in [3.8, 4) is 0 Å². The van der Waals surface area contributed by atoms with Gasteiger partial charge in [0.05, 0.1) is 0 Å². The van der Waals surface area contributed by atoms with E-state index >= 15 is 0 Å². The second-order valence-electron chi connectivity index (χ2n) is 5.51. The van der Waals surface area contributed by atoms with Gasteiger partial charge in [0.2, 0.25) is 0 Å². The second-order valence-corrected chi connectivity index (χ2v) is 6.37. The van der Waals surface area contributed by atoms with Crippen molar-refractivity contribution in [1.82, 2.24) is 4.98 Å². The molecule has 0 amide bonds. The third-order valence-corrected chi connectivity index (χ3v) is 3.94. The number of thiazole rings is 1. The minimum Gasteiger partial charge on any atom is -0.453 e. The molecule has 0 aliphatic heterocycles. The van der Waals surface area contributed by atoms with Gasteiger partial charge in [-0.05, 0) is 12.3 Å². The molecule has 2 rings (SSSR count). The lowest BCUT2D eigenvalue weighted by Gasteiger charge is -2.04. The Morgan fingerprint density at radius 3 is 2.70 bits per heavy atom. The fourth-order valence-corrected chi connectivity index (χ4v) is 2.54. The summed E-state index contributed by atoms with van der Waals surface area (Å²) in [5.41, 5.74) is 0.748. The number of anilines is 1. The number of aromatic nitrogens is 1. The maximum Gasteiger partial charge on any atom is 0.358 e. The van der Waals surface area contributed by atoms with Gasteiger partial charge in [0.1, 0.15) is 0 Å². The van der Waals surface area contributed by atoms with Crippen molar-refractivity contribution >= 4 is 28.2 Å². The highest BCUT2D eigenvalue weighted by Gasteiger charge is 2.14. The van der Waals surface area contributed by atoms with E-state index in [9.17, 15) is 9.59 Å². The van der Waals surface area contributed by atoms with Crippen molar-refractivity contribution in [2.45, 2.75) is 20.3 Å². The Hall–Kier alpha value is -2.21. The maximum absolute atomic E-state index is 11.9. The average Bonchev–Trinajstić information content (AvgIpc) is 3.01. The molecule has 1 aromatic carbocycles. The van der Waals surface area contributed by atoms with E-state index in [1.54, 1.807) is 29.6 Å². The molecule has 1 N–H and O–H groups in total. The maximum atomic E-state index is 11.9. The molecule has 0 saturated heterocycles. The van der Waals surface area contributed by atoms with Gasteiger partial charge in [-0.25, -0.2) is 9.78 Å². The number of Topliss-reactive ketones (excluding diaryl/α,β-unsaturated/α-hetero) is 1. The van der Waals surface area contributed by atoms with E-state index in [0.29, 0.717) is 16.6 Å². The molecule has 122 valence electrons. The molecule has 6 heteroatoms. The molecule has 2 aromatic rings. The topological polar surface area (TPSA) is 68.3 Å². The summed E-state index contributed by atoms with van der Waals surface area (Å²) >= 11 is 1.35. The number of benzene rings is 1. The minimum absolute atomic E-state index is 0.225. The van der Waals surface area contributed by atoms with Crippen LogP contribution in [0.2, 0.25) is 0 Å². The summed E-state index contributed by atoms with van der Waals surface area (Å²) < 4.78 is 5.03. The van der Waals surface area contributed by atoms with Crippen molar-refractivity contribution in [3.63, 3.8) is 0 Å². The van der Waals surface area contributed by atoms with Crippen molar-refractivity contribution in [2.75, 3.05) is 18.5 Å². The van der Waals surface area contributed by atoms with Crippen LogP contribution in [0.25, 0.3) is 0 Å². The van der Waals surface area contributed by atoms with E-state index in [0.717, 1.165) is 13.0 Å². The third-order valence-electron chi connectivity index (χ3n) is 3.14. The lowest BCUT2D eigenvalue weighted by Crippen LogP contribution is -2.14. The molecule has 0 spiro atoms. The highest BCUT2D eigenvalue weighted by molar-refractivity contribution is 7.13. The van der Waals surface area contributed by atoms with Crippen molar-refractivity contribution in [1.29, 1.82) is 0 Å². The number of nitrogens with zero attached hydrogens (tertiary/aromatic N) is 1. The number of rotatable bonds is 8. The first kappa shape index (κ1) is 17.1. The van der Waals surface area contributed by atoms with Gasteiger partial charge in [-0.1, -0.05) is 44.2 Å². The van der Waals surface area contributed by atoms with Crippen LogP contribution in [0.4, 0.5) is 5.13 Å². The van der Waals surface area contributed by atoms with E-state index in [2.05, 4.69) is 24.1 Å². The first-order valence-corrected chi connectivity index (χ1v) is 8.39. The Morgan fingerprint density at radius 2 is 2.00 bits per heavy atom. The van der Waals surface area contributed by atoms with Gasteiger partial charge in [-0.3, -0.25) is 4.79 Å². The molecule has 0 aliphatic carbocycles. The lowest BCUT2D eigenvalue weighted by atomic mass is 10.1. The number of hydrogen-bond donors (Lipinski definition) is 1. The van der Waals surface area contributed by atoms with Crippen LogP contribution in [0, 0.1) is 5.92 Å². The molecular formula is C17H20N2O3S. The zero-order chi connectivity index (χ0) is 16.7. The van der Waals surface area contributed by atoms with Crippen molar-refractivity contribution in [3.05, 3.63) is 47.0 Å². The molecular weight excluding hydrogens is 312 g/mol. The summed E-state index contributed by atoms with van der Waals surface area (Å²) in [5, 5.41) is 5.49. The van der Waals surface area contributed by atoms with E-state index in [1.807, 2.05) is 6.07 Å². The standard InChI is InChI=1S/C17H20N2O3S/c1-12(2)8-9-18-17-19-14(11-23-17)16(21)22-10-15(20)13-6-4-3-5-7-13/h3-7,11-12H,8-10H2,1-2H3,(H,18,19). The van der Waals surface area contributed by atoms with Crippen LogP contribution in [-0.2, 0) is 4.74 Å². The Morgan fingerprint density at radius 1 is 1.26 bits per heavy atom. The zero-order valence-corrected chi connectivity index (χ0v) is 14.1. The van der Waals surface area contributed by atoms with Crippen LogP contribution < -0.4 is 5.32 Å². The minimum atomic E-state index is -0.581. The number of ether oxygens (including phenoxy) is 1. The van der Waals surface area contributed by atoms with E-state index in [4.69, 9.17) is 4.74 Å². The molecule has 0 fully saturated rings. The summed E-state index contributed by atoms with van der Waals surface area (Å²) in [5.74, 6) is -0.206. The number of ketones is 1. The SMILES string of the molecule is CC(C)CCNc1nc(C(=O)OCC(=O)c2ccccc2)cs1. The summed E-state index contributed by atoms with van der Waals surface area (Å²) in [6, 6.07) is 8.74. The van der Waals surface area contributed by atoms with Crippen molar-refractivity contribution in [2.24, 2.45) is 5.92 Å². The fraction of sp³-hybridized carbons (Fsp3) is 0.353. The van der Waals surface area contributed by atoms with Crippen LogP contribution >= 0.6 is 11.3 Å². The van der Waals surface area contributed by atoms with Crippen LogP contribution in [0.15, 0.2) is 35.7 Å². The van der Waals surface area contributed by atoms with Crippen LogP contribution in [0.3, 0.4) is 0 Å². The number of nitrogens with one attached hydrogen (secondary N) is 1. The molecule has 0 saturated carbocycles. The van der Waals surface area contributed by atoms with Crippen molar-refractivity contribution < 1.29 is 14.3 Å². The van der Waals surface area contributed by atoms with Gasteiger partial charge in [0.25, 0.3) is 0 Å². The largest absolute Gasteiger partial charge is 0.453 e. The summed E-state index contributed by atoms with van der Waals surface area (Å²) in [6.45, 7) is 4.83. The second kappa shape index (κ2) is 8.43. The first-order valence-electron chi connectivity index (χ1n) is 7.51. The monoisotopic (exact) mass is 332 g/mol. The van der Waals surface area contributed by atoms with Gasteiger partial charge in [0, 0.05) is 17.5 Å². The smallest absolute Gasteiger partial charge is 0.358 e. The molecule has 0 radical (unpaired) electrons. The number of hydrogen-bond acceptors (Lipinski definition) is 6. The molecule has 0 unspecified atom stereocenters. The predicted octanol–water partition coefficient (Wildman–Crippen LogP) is 3.64. The normalized spacial score (nSPS) is 10.6. The molecule has 0 bridgehead atoms. The predicted molar refractivity (Wildman–Crippen MR) is 91.1 cm³/mol. The van der Waals surface area contributed by atoms with Gasteiger partial charge < -0.3 is 10.1 Å². The molecule has 1 aromatic heterocycles. The number of carbonyl (C=O) groups is 2. The van der Waals surface area contributed by atoms with Crippen LogP contribution in [0.1, 0.15) is 41.1 Å². The summed E-state index contributed by atoms with van der Waals surface area (Å²) in [7, 11) is 0. The highest BCUT2D eigenvalue weighted by Crippen LogP contribution is 2.16. The molecule has 0 aliphatic rings. The van der Waals surface area contributed by atoms with Gasteiger partial charge >= 0.3 is 5.97 Å². The quantitative estimate of drug-likeness (QED) is 0.590. The Kier molecular flexibility index (Phi) is 6.29. The zero-order valence-electron chi connectivity index (χ0n) is 13.2.